The number of rotatable bonds is 5. The van der Waals surface area contributed by atoms with E-state index in [1.165, 1.54) is 0 Å². The molecule has 1 aliphatic heterocycles. The molecule has 1 aromatic carbocycles. The number of fused-ring (bicyclic) bond motifs is 1. The van der Waals surface area contributed by atoms with Crippen LogP contribution in [-0.2, 0) is 9.53 Å². The van der Waals surface area contributed by atoms with E-state index < -0.39 is 11.3 Å². The first-order valence-corrected chi connectivity index (χ1v) is 7.98. The summed E-state index contributed by atoms with van der Waals surface area (Å²) in [6.45, 7) is 2.00. The van der Waals surface area contributed by atoms with Crippen LogP contribution in [0.3, 0.4) is 0 Å². The minimum atomic E-state index is -0.509. The minimum Gasteiger partial charge on any atom is -0.384 e. The summed E-state index contributed by atoms with van der Waals surface area (Å²) >= 11 is 0. The Morgan fingerprint density at radius 1 is 1.29 bits per heavy atom. The first-order valence-electron chi connectivity index (χ1n) is 7.98. The van der Waals surface area contributed by atoms with Crippen molar-refractivity contribution in [3.05, 3.63) is 30.0 Å². The van der Waals surface area contributed by atoms with Crippen LogP contribution in [0.25, 0.3) is 10.9 Å². The van der Waals surface area contributed by atoms with Crippen LogP contribution >= 0.6 is 0 Å². The number of H-pyrrole nitrogens is 1. The third kappa shape index (κ3) is 3.13. The maximum atomic E-state index is 12.8. The Kier molecular flexibility index (Phi) is 4.55. The maximum Gasteiger partial charge on any atom is 0.265 e. The van der Waals surface area contributed by atoms with Gasteiger partial charge in [-0.15, -0.1) is 0 Å². The highest BCUT2D eigenvalue weighted by Crippen LogP contribution is 2.31. The monoisotopic (exact) mass is 330 g/mol. The SMILES string of the molecule is COCC1(C(=O)Nc2ccc3[nH]c(C(N)=O)cc3c2)CCNCC1. The first kappa shape index (κ1) is 16.5. The molecule has 24 heavy (non-hydrogen) atoms. The molecule has 1 fully saturated rings. The number of primary amides is 1. The fraction of sp³-hybridized carbons (Fsp3) is 0.412. The van der Waals surface area contributed by atoms with Crippen molar-refractivity contribution >= 4 is 28.4 Å². The zero-order valence-corrected chi connectivity index (χ0v) is 13.6. The van der Waals surface area contributed by atoms with Gasteiger partial charge < -0.3 is 26.1 Å². The van der Waals surface area contributed by atoms with Gasteiger partial charge in [0.2, 0.25) is 5.91 Å². The van der Waals surface area contributed by atoms with E-state index >= 15 is 0 Å². The van der Waals surface area contributed by atoms with E-state index in [1.54, 1.807) is 13.2 Å². The lowest BCUT2D eigenvalue weighted by Gasteiger charge is -2.35. The van der Waals surface area contributed by atoms with Gasteiger partial charge in [-0.2, -0.15) is 0 Å². The lowest BCUT2D eigenvalue weighted by Crippen LogP contribution is -2.47. The molecule has 0 spiro atoms. The van der Waals surface area contributed by atoms with Crippen LogP contribution in [0, 0.1) is 5.41 Å². The molecule has 0 bridgehead atoms. The number of amides is 2. The Hall–Kier alpha value is -2.38. The summed E-state index contributed by atoms with van der Waals surface area (Å²) in [6.07, 6.45) is 1.48. The minimum absolute atomic E-state index is 0.0316. The summed E-state index contributed by atoms with van der Waals surface area (Å²) in [4.78, 5) is 27.0. The molecule has 7 nitrogen and oxygen atoms in total. The maximum absolute atomic E-state index is 12.8. The molecular weight excluding hydrogens is 308 g/mol. The molecule has 128 valence electrons. The van der Waals surface area contributed by atoms with Crippen LogP contribution in [0.4, 0.5) is 5.69 Å². The Balaban J connectivity index is 1.82. The number of nitrogens with two attached hydrogens (primary N) is 1. The number of piperidine rings is 1. The van der Waals surface area contributed by atoms with Gasteiger partial charge in [0.05, 0.1) is 12.0 Å². The zero-order valence-electron chi connectivity index (χ0n) is 13.6. The second kappa shape index (κ2) is 6.62. The van der Waals surface area contributed by atoms with Crippen LogP contribution in [0.1, 0.15) is 23.3 Å². The molecule has 7 heteroatoms. The highest BCUT2D eigenvalue weighted by molar-refractivity contribution is 6.00. The van der Waals surface area contributed by atoms with Crippen molar-refractivity contribution in [3.8, 4) is 0 Å². The van der Waals surface area contributed by atoms with Crippen LogP contribution in [0.2, 0.25) is 0 Å². The predicted octanol–water partition coefficient (Wildman–Crippen LogP) is 1.22. The molecule has 2 aromatic rings. The number of aromatic amines is 1. The van der Waals surface area contributed by atoms with Crippen molar-refractivity contribution in [2.24, 2.45) is 11.1 Å². The predicted molar refractivity (Wildman–Crippen MR) is 91.9 cm³/mol. The summed E-state index contributed by atoms with van der Waals surface area (Å²) in [7, 11) is 1.62. The molecule has 1 saturated heterocycles. The second-order valence-corrected chi connectivity index (χ2v) is 6.27. The molecule has 5 N–H and O–H groups in total. The molecule has 1 aromatic heterocycles. The number of hydrogen-bond acceptors (Lipinski definition) is 4. The first-order chi connectivity index (χ1) is 11.5. The number of benzene rings is 1. The van der Waals surface area contributed by atoms with Crippen LogP contribution in [-0.4, -0.2) is 43.6 Å². The molecule has 0 radical (unpaired) electrons. The number of hydrogen-bond donors (Lipinski definition) is 4. The van der Waals surface area contributed by atoms with Crippen LogP contribution in [0.15, 0.2) is 24.3 Å². The van der Waals surface area contributed by atoms with Gasteiger partial charge in [0, 0.05) is 23.7 Å². The average molecular weight is 330 g/mol. The Labute approximate surface area is 139 Å². The largest absolute Gasteiger partial charge is 0.384 e. The van der Waals surface area contributed by atoms with Crippen molar-refractivity contribution in [2.45, 2.75) is 12.8 Å². The molecule has 3 rings (SSSR count). The van der Waals surface area contributed by atoms with E-state index in [0.717, 1.165) is 36.8 Å². The smallest absolute Gasteiger partial charge is 0.265 e. The van der Waals surface area contributed by atoms with Gasteiger partial charge in [-0.05, 0) is 50.2 Å². The molecule has 0 unspecified atom stereocenters. The standard InChI is InChI=1S/C17H22N4O3/c1-24-10-17(4-6-19-7-5-17)16(23)20-12-2-3-13-11(8-12)9-14(21-13)15(18)22/h2-3,8-9,19,21H,4-7,10H2,1H3,(H2,18,22)(H,20,23). The second-order valence-electron chi connectivity index (χ2n) is 6.27. The number of nitrogens with one attached hydrogen (secondary N) is 3. The van der Waals surface area contributed by atoms with Crippen LogP contribution < -0.4 is 16.4 Å². The van der Waals surface area contributed by atoms with Gasteiger partial charge in [0.15, 0.2) is 0 Å². The summed E-state index contributed by atoms with van der Waals surface area (Å²) < 4.78 is 5.30. The van der Waals surface area contributed by atoms with Gasteiger partial charge in [-0.3, -0.25) is 9.59 Å². The fourth-order valence-corrected chi connectivity index (χ4v) is 3.23. The molecule has 0 aliphatic carbocycles. The van der Waals surface area contributed by atoms with Crippen molar-refractivity contribution in [2.75, 3.05) is 32.1 Å². The number of carbonyl (C=O) groups excluding carboxylic acids is 2. The van der Waals surface area contributed by atoms with Crippen LogP contribution in [0.5, 0.6) is 0 Å². The van der Waals surface area contributed by atoms with Gasteiger partial charge in [0.25, 0.3) is 5.91 Å². The van der Waals surface area contributed by atoms with E-state index in [9.17, 15) is 9.59 Å². The lowest BCUT2D eigenvalue weighted by atomic mass is 9.78. The molecule has 0 atom stereocenters. The highest BCUT2D eigenvalue weighted by Gasteiger charge is 2.39. The third-order valence-corrected chi connectivity index (χ3v) is 4.61. The zero-order chi connectivity index (χ0) is 17.2. The quantitative estimate of drug-likeness (QED) is 0.661. The Bertz CT molecular complexity index is 757. The fourth-order valence-electron chi connectivity index (χ4n) is 3.23. The van der Waals surface area contributed by atoms with Gasteiger partial charge in [0.1, 0.15) is 5.69 Å². The van der Waals surface area contributed by atoms with Crippen molar-refractivity contribution in [1.29, 1.82) is 0 Å². The van der Waals surface area contributed by atoms with E-state index in [-0.39, 0.29) is 5.91 Å². The number of ether oxygens (including phenoxy) is 1. The van der Waals surface area contributed by atoms with E-state index in [2.05, 4.69) is 15.6 Å². The average Bonchev–Trinajstić information content (AvgIpc) is 2.99. The highest BCUT2D eigenvalue weighted by atomic mass is 16.5. The number of anilines is 1. The van der Waals surface area contributed by atoms with E-state index in [4.69, 9.17) is 10.5 Å². The van der Waals surface area contributed by atoms with Gasteiger partial charge in [-0.1, -0.05) is 0 Å². The number of aromatic nitrogens is 1. The molecule has 2 heterocycles. The summed E-state index contributed by atoms with van der Waals surface area (Å²) in [5.74, 6) is -0.540. The lowest BCUT2D eigenvalue weighted by molar-refractivity contribution is -0.130. The number of carbonyl (C=O) groups is 2. The molecular formula is C17H22N4O3. The van der Waals surface area contributed by atoms with E-state index in [1.807, 2.05) is 18.2 Å². The molecule has 0 saturated carbocycles. The summed E-state index contributed by atoms with van der Waals surface area (Å²) in [6, 6.07) is 7.15. The topological polar surface area (TPSA) is 109 Å². The third-order valence-electron chi connectivity index (χ3n) is 4.61. The molecule has 2 amide bonds. The summed E-state index contributed by atoms with van der Waals surface area (Å²) in [5.41, 5.74) is 6.62. The number of methoxy groups -OCH3 is 1. The van der Waals surface area contributed by atoms with Crippen molar-refractivity contribution < 1.29 is 14.3 Å². The normalized spacial score (nSPS) is 16.9. The molecule has 1 aliphatic rings. The van der Waals surface area contributed by atoms with Gasteiger partial charge >= 0.3 is 0 Å². The Morgan fingerprint density at radius 2 is 2.04 bits per heavy atom. The summed E-state index contributed by atoms with van der Waals surface area (Å²) in [5, 5.41) is 7.09. The van der Waals surface area contributed by atoms with Gasteiger partial charge in [-0.25, -0.2) is 0 Å². The Morgan fingerprint density at radius 3 is 2.71 bits per heavy atom. The van der Waals surface area contributed by atoms with Crippen molar-refractivity contribution in [3.63, 3.8) is 0 Å². The van der Waals surface area contributed by atoms with E-state index in [0.29, 0.717) is 18.0 Å². The van der Waals surface area contributed by atoms with Crippen molar-refractivity contribution in [1.82, 2.24) is 10.3 Å².